The van der Waals surface area contributed by atoms with Crippen LogP contribution in [0.3, 0.4) is 0 Å². The van der Waals surface area contributed by atoms with Crippen molar-refractivity contribution in [3.8, 4) is 11.1 Å². The Kier molecular flexibility index (Phi) is 7.90. The van der Waals surface area contributed by atoms with Crippen LogP contribution in [-0.4, -0.2) is 9.78 Å². The largest absolute Gasteiger partial charge is 0.266 e. The quantitative estimate of drug-likeness (QED) is 0.399. The second-order valence-corrected chi connectivity index (χ2v) is 8.62. The van der Waals surface area contributed by atoms with E-state index in [1.54, 1.807) is 0 Å². The summed E-state index contributed by atoms with van der Waals surface area (Å²) in [5.74, 6) is 1.53. The molecular formula is C23H36N2Pt. The van der Waals surface area contributed by atoms with Gasteiger partial charge in [0, 0.05) is 38.4 Å². The summed E-state index contributed by atoms with van der Waals surface area (Å²) in [5.41, 5.74) is 9.57. The second kappa shape index (κ2) is 8.87. The zero-order valence-corrected chi connectivity index (χ0v) is 20.4. The Morgan fingerprint density at radius 1 is 0.731 bits per heavy atom. The minimum atomic E-state index is 0. The van der Waals surface area contributed by atoms with Crippen LogP contribution in [0.25, 0.3) is 11.1 Å². The van der Waals surface area contributed by atoms with E-state index < -0.39 is 0 Å². The summed E-state index contributed by atoms with van der Waals surface area (Å²) in [5, 5.41) is 4.86. The fraction of sp³-hybridized carbons (Fsp3) is 0.609. The number of rotatable bonds is 5. The average molecular weight is 536 g/mol. The predicted octanol–water partition coefficient (Wildman–Crippen LogP) is 7.12. The molecule has 0 N–H and O–H groups in total. The van der Waals surface area contributed by atoms with Gasteiger partial charge in [0.1, 0.15) is 0 Å². The minimum absolute atomic E-state index is 0. The summed E-state index contributed by atoms with van der Waals surface area (Å²) >= 11 is 0. The van der Waals surface area contributed by atoms with Crippen LogP contribution in [0, 0.1) is 13.8 Å². The van der Waals surface area contributed by atoms with Crippen molar-refractivity contribution in [2.24, 2.45) is 0 Å². The average Bonchev–Trinajstić information content (AvgIpc) is 2.80. The molecule has 2 rings (SSSR count). The van der Waals surface area contributed by atoms with Crippen molar-refractivity contribution >= 4 is 0 Å². The molecule has 0 unspecified atom stereocenters. The molecule has 0 aliphatic carbocycles. The molecule has 1 aromatic heterocycles. The van der Waals surface area contributed by atoms with Crippen LogP contribution in [0.1, 0.15) is 107 Å². The summed E-state index contributed by atoms with van der Waals surface area (Å²) in [4.78, 5) is 0. The van der Waals surface area contributed by atoms with Crippen LogP contribution in [0.15, 0.2) is 12.1 Å². The molecule has 0 fully saturated rings. The summed E-state index contributed by atoms with van der Waals surface area (Å²) < 4.78 is 2.18. The molecule has 2 aromatic rings. The summed E-state index contributed by atoms with van der Waals surface area (Å²) in [6.07, 6.45) is 0. The van der Waals surface area contributed by atoms with Gasteiger partial charge in [0.15, 0.2) is 0 Å². The van der Waals surface area contributed by atoms with Gasteiger partial charge in [0.2, 0.25) is 0 Å². The van der Waals surface area contributed by atoms with Crippen molar-refractivity contribution in [2.75, 3.05) is 0 Å². The topological polar surface area (TPSA) is 17.8 Å². The van der Waals surface area contributed by atoms with Crippen LogP contribution < -0.4 is 0 Å². The monoisotopic (exact) mass is 535 g/mol. The Morgan fingerprint density at radius 2 is 1.19 bits per heavy atom. The maximum absolute atomic E-state index is 4.86. The second-order valence-electron chi connectivity index (χ2n) is 8.62. The van der Waals surface area contributed by atoms with Gasteiger partial charge in [-0.05, 0) is 67.7 Å². The molecule has 0 amide bonds. The van der Waals surface area contributed by atoms with E-state index in [0.717, 1.165) is 5.69 Å². The van der Waals surface area contributed by atoms with E-state index in [4.69, 9.17) is 5.10 Å². The molecule has 0 spiro atoms. The molecular weight excluding hydrogens is 499 g/mol. The number of hydrogen-bond donors (Lipinski definition) is 0. The molecule has 0 bridgehead atoms. The number of aryl methyl sites for hydroxylation is 1. The first kappa shape index (κ1) is 23.2. The van der Waals surface area contributed by atoms with Gasteiger partial charge in [-0.3, -0.25) is 4.68 Å². The maximum atomic E-state index is 4.86. The SMILES string of the molecule is Cc1nn(C(C)C)c(C)c1-c1c(C(C)C)cc(C(C)C)cc1C(C)C.[Pt]. The molecule has 2 nitrogen and oxygen atoms in total. The Morgan fingerprint density at radius 3 is 1.50 bits per heavy atom. The van der Waals surface area contributed by atoms with E-state index in [2.05, 4.69) is 86.1 Å². The molecule has 0 saturated carbocycles. The molecule has 26 heavy (non-hydrogen) atoms. The van der Waals surface area contributed by atoms with Gasteiger partial charge in [-0.1, -0.05) is 53.7 Å². The van der Waals surface area contributed by atoms with E-state index in [1.165, 1.54) is 33.5 Å². The van der Waals surface area contributed by atoms with E-state index in [-0.39, 0.29) is 21.1 Å². The van der Waals surface area contributed by atoms with E-state index in [1.807, 2.05) is 0 Å². The summed E-state index contributed by atoms with van der Waals surface area (Å²) in [7, 11) is 0. The van der Waals surface area contributed by atoms with Gasteiger partial charge in [-0.25, -0.2) is 0 Å². The van der Waals surface area contributed by atoms with Crippen molar-refractivity contribution < 1.29 is 21.1 Å². The van der Waals surface area contributed by atoms with Gasteiger partial charge >= 0.3 is 0 Å². The molecule has 0 atom stereocenters. The van der Waals surface area contributed by atoms with Crippen LogP contribution in [0.5, 0.6) is 0 Å². The summed E-state index contributed by atoms with van der Waals surface area (Å²) in [6.45, 7) is 22.6. The number of hydrogen-bond acceptors (Lipinski definition) is 1. The fourth-order valence-corrected chi connectivity index (χ4v) is 3.77. The number of nitrogens with zero attached hydrogens (tertiary/aromatic N) is 2. The molecule has 3 heteroatoms. The third kappa shape index (κ3) is 4.33. The van der Waals surface area contributed by atoms with Gasteiger partial charge in [0.25, 0.3) is 0 Å². The normalized spacial score (nSPS) is 11.8. The molecule has 1 aromatic carbocycles. The smallest absolute Gasteiger partial charge is 0.0675 e. The van der Waals surface area contributed by atoms with Gasteiger partial charge < -0.3 is 0 Å². The molecule has 0 saturated heterocycles. The maximum Gasteiger partial charge on any atom is 0.0675 e. The van der Waals surface area contributed by atoms with Crippen molar-refractivity contribution in [2.45, 2.75) is 93.0 Å². The predicted molar refractivity (Wildman–Crippen MR) is 110 cm³/mol. The third-order valence-electron chi connectivity index (χ3n) is 5.20. The Hall–Kier alpha value is -0.882. The van der Waals surface area contributed by atoms with Crippen molar-refractivity contribution in [3.05, 3.63) is 40.2 Å². The van der Waals surface area contributed by atoms with Crippen LogP contribution >= 0.6 is 0 Å². The first-order valence-electron chi connectivity index (χ1n) is 9.79. The first-order valence-corrected chi connectivity index (χ1v) is 9.79. The van der Waals surface area contributed by atoms with Gasteiger partial charge in [0.05, 0.1) is 5.69 Å². The molecule has 1 heterocycles. The van der Waals surface area contributed by atoms with Crippen molar-refractivity contribution in [3.63, 3.8) is 0 Å². The first-order chi connectivity index (χ1) is 11.6. The number of aromatic nitrogens is 2. The van der Waals surface area contributed by atoms with Crippen LogP contribution in [-0.2, 0) is 21.1 Å². The van der Waals surface area contributed by atoms with Crippen LogP contribution in [0.4, 0.5) is 0 Å². The minimum Gasteiger partial charge on any atom is -0.266 e. The van der Waals surface area contributed by atoms with Gasteiger partial charge in [-0.15, -0.1) is 0 Å². The van der Waals surface area contributed by atoms with Crippen molar-refractivity contribution in [1.82, 2.24) is 9.78 Å². The molecule has 0 aliphatic heterocycles. The van der Waals surface area contributed by atoms with Crippen molar-refractivity contribution in [1.29, 1.82) is 0 Å². The standard InChI is InChI=1S/C23H36N2.Pt/c1-13(2)19-11-20(14(3)4)23(21(12-19)15(5)6)22-17(9)24-25(16(7)8)18(22)10;/h11-16H,1-10H3;. The Bertz CT molecular complexity index is 723. The van der Waals surface area contributed by atoms with Crippen LogP contribution in [0.2, 0.25) is 0 Å². The van der Waals surface area contributed by atoms with E-state index in [0.29, 0.717) is 23.8 Å². The van der Waals surface area contributed by atoms with E-state index in [9.17, 15) is 0 Å². The Balaban J connectivity index is 0.00000338. The molecule has 0 aliphatic rings. The van der Waals surface area contributed by atoms with Gasteiger partial charge in [-0.2, -0.15) is 5.10 Å². The summed E-state index contributed by atoms with van der Waals surface area (Å²) in [6, 6.07) is 5.25. The Labute approximate surface area is 175 Å². The molecule has 148 valence electrons. The number of benzene rings is 1. The third-order valence-corrected chi connectivity index (χ3v) is 5.20. The zero-order valence-electron chi connectivity index (χ0n) is 18.2. The zero-order chi connectivity index (χ0) is 19.0. The molecule has 0 radical (unpaired) electrons. The fourth-order valence-electron chi connectivity index (χ4n) is 3.77. The van der Waals surface area contributed by atoms with E-state index >= 15 is 0 Å².